The first-order valence-corrected chi connectivity index (χ1v) is 5.43. The highest BCUT2D eigenvalue weighted by Gasteiger charge is 2.02. The van der Waals surface area contributed by atoms with Crippen molar-refractivity contribution in [1.29, 1.82) is 0 Å². The molecule has 0 saturated heterocycles. The Labute approximate surface area is 91.7 Å². The fourth-order valence-corrected chi connectivity index (χ4v) is 1.49. The first-order valence-electron chi connectivity index (χ1n) is 5.43. The van der Waals surface area contributed by atoms with E-state index in [-0.39, 0.29) is 5.91 Å². The fourth-order valence-electron chi connectivity index (χ4n) is 1.49. The Morgan fingerprint density at radius 2 is 2.13 bits per heavy atom. The number of carbonyl (C=O) groups excluding carboxylic acids is 1. The highest BCUT2D eigenvalue weighted by molar-refractivity contribution is 5.75. The molecule has 1 N–H and O–H groups in total. The summed E-state index contributed by atoms with van der Waals surface area (Å²) >= 11 is 0. The molecular weight excluding hydrogens is 186 g/mol. The molecule has 1 aromatic rings. The summed E-state index contributed by atoms with van der Waals surface area (Å²) in [6.45, 7) is 4.36. The number of amides is 1. The predicted molar refractivity (Wildman–Crippen MR) is 62.9 cm³/mol. The monoisotopic (exact) mass is 205 g/mol. The van der Waals surface area contributed by atoms with Gasteiger partial charge in [0.05, 0.1) is 0 Å². The van der Waals surface area contributed by atoms with Crippen molar-refractivity contribution in [3.63, 3.8) is 0 Å². The second-order valence-corrected chi connectivity index (χ2v) is 4.07. The molecule has 2 heteroatoms. The van der Waals surface area contributed by atoms with E-state index in [0.717, 1.165) is 6.42 Å². The Balaban J connectivity index is 2.61. The number of aryl methyl sites for hydroxylation is 1. The maximum atomic E-state index is 11.1. The molecule has 15 heavy (non-hydrogen) atoms. The van der Waals surface area contributed by atoms with Crippen LogP contribution in [0.15, 0.2) is 24.3 Å². The summed E-state index contributed by atoms with van der Waals surface area (Å²) in [5.41, 5.74) is 2.58. The molecule has 0 fully saturated rings. The third-order valence-electron chi connectivity index (χ3n) is 2.54. The van der Waals surface area contributed by atoms with Gasteiger partial charge in [-0.05, 0) is 23.5 Å². The Kier molecular flexibility index (Phi) is 4.35. The van der Waals surface area contributed by atoms with Gasteiger partial charge in [0.25, 0.3) is 0 Å². The third kappa shape index (κ3) is 3.74. The number of carbonyl (C=O) groups is 1. The Hall–Kier alpha value is -1.31. The molecule has 0 atom stereocenters. The van der Waals surface area contributed by atoms with Gasteiger partial charge in [0.2, 0.25) is 5.91 Å². The number of rotatable bonds is 4. The van der Waals surface area contributed by atoms with Gasteiger partial charge >= 0.3 is 0 Å². The minimum atomic E-state index is 0.102. The van der Waals surface area contributed by atoms with Crippen LogP contribution in [0.5, 0.6) is 0 Å². The molecule has 82 valence electrons. The molecule has 0 aromatic heterocycles. The highest BCUT2D eigenvalue weighted by Crippen LogP contribution is 2.16. The van der Waals surface area contributed by atoms with E-state index in [1.54, 1.807) is 7.05 Å². The smallest absolute Gasteiger partial charge is 0.220 e. The van der Waals surface area contributed by atoms with E-state index in [9.17, 15) is 4.79 Å². The van der Waals surface area contributed by atoms with Crippen LogP contribution >= 0.6 is 0 Å². The largest absolute Gasteiger partial charge is 0.359 e. The quantitative estimate of drug-likeness (QED) is 0.804. The van der Waals surface area contributed by atoms with Gasteiger partial charge in [-0.25, -0.2) is 0 Å². The summed E-state index contributed by atoms with van der Waals surface area (Å²) in [5, 5.41) is 2.63. The van der Waals surface area contributed by atoms with Gasteiger partial charge in [-0.1, -0.05) is 38.1 Å². The molecule has 0 heterocycles. The van der Waals surface area contributed by atoms with E-state index in [1.807, 2.05) is 0 Å². The van der Waals surface area contributed by atoms with Crippen molar-refractivity contribution >= 4 is 5.91 Å². The zero-order valence-electron chi connectivity index (χ0n) is 9.71. The maximum absolute atomic E-state index is 11.1. The van der Waals surface area contributed by atoms with Gasteiger partial charge in [0.15, 0.2) is 0 Å². The number of nitrogens with one attached hydrogen (secondary N) is 1. The van der Waals surface area contributed by atoms with E-state index in [4.69, 9.17) is 0 Å². The number of benzene rings is 1. The lowest BCUT2D eigenvalue weighted by atomic mass is 9.99. The molecular formula is C13H19NO. The zero-order chi connectivity index (χ0) is 11.3. The van der Waals surface area contributed by atoms with Crippen LogP contribution < -0.4 is 5.32 Å². The van der Waals surface area contributed by atoms with Crippen molar-refractivity contribution in [2.45, 2.75) is 32.6 Å². The van der Waals surface area contributed by atoms with Gasteiger partial charge in [-0.3, -0.25) is 4.79 Å². The number of hydrogen-bond donors (Lipinski definition) is 1. The van der Waals surface area contributed by atoms with Crippen LogP contribution in [-0.2, 0) is 11.2 Å². The minimum Gasteiger partial charge on any atom is -0.359 e. The van der Waals surface area contributed by atoms with Crippen molar-refractivity contribution < 1.29 is 4.79 Å². The van der Waals surface area contributed by atoms with Gasteiger partial charge < -0.3 is 5.32 Å². The average Bonchev–Trinajstić information content (AvgIpc) is 2.26. The molecule has 0 unspecified atom stereocenters. The third-order valence-corrected chi connectivity index (χ3v) is 2.54. The van der Waals surface area contributed by atoms with Crippen LogP contribution in [0.4, 0.5) is 0 Å². The zero-order valence-corrected chi connectivity index (χ0v) is 9.71. The summed E-state index contributed by atoms with van der Waals surface area (Å²) in [5.74, 6) is 0.648. The highest BCUT2D eigenvalue weighted by atomic mass is 16.1. The topological polar surface area (TPSA) is 29.1 Å². The van der Waals surface area contributed by atoms with E-state index in [1.165, 1.54) is 11.1 Å². The van der Waals surface area contributed by atoms with E-state index in [0.29, 0.717) is 12.3 Å². The summed E-state index contributed by atoms with van der Waals surface area (Å²) in [4.78, 5) is 11.1. The first-order chi connectivity index (χ1) is 7.13. The van der Waals surface area contributed by atoms with Crippen LogP contribution in [-0.4, -0.2) is 13.0 Å². The summed E-state index contributed by atoms with van der Waals surface area (Å²) in [6, 6.07) is 8.46. The van der Waals surface area contributed by atoms with Crippen molar-refractivity contribution in [3.05, 3.63) is 35.4 Å². The molecule has 0 aliphatic carbocycles. The van der Waals surface area contributed by atoms with Gasteiger partial charge in [-0.2, -0.15) is 0 Å². The lowest BCUT2D eigenvalue weighted by molar-refractivity contribution is -0.120. The average molecular weight is 205 g/mol. The standard InChI is InChI=1S/C13H19NO/c1-10(2)12-6-4-5-11(9-12)7-8-13(15)14-3/h4-6,9-10H,7-8H2,1-3H3,(H,14,15). The van der Waals surface area contributed by atoms with Crippen molar-refractivity contribution in [1.82, 2.24) is 5.32 Å². The van der Waals surface area contributed by atoms with Crippen LogP contribution in [0, 0.1) is 0 Å². The normalized spacial score (nSPS) is 10.4. The van der Waals surface area contributed by atoms with Crippen molar-refractivity contribution in [2.75, 3.05) is 7.05 Å². The van der Waals surface area contributed by atoms with E-state index in [2.05, 4.69) is 43.4 Å². The second kappa shape index (κ2) is 5.54. The molecule has 0 aliphatic heterocycles. The molecule has 2 nitrogen and oxygen atoms in total. The van der Waals surface area contributed by atoms with E-state index >= 15 is 0 Å². The molecule has 1 rings (SSSR count). The molecule has 1 amide bonds. The minimum absolute atomic E-state index is 0.102. The van der Waals surface area contributed by atoms with Crippen molar-refractivity contribution in [3.8, 4) is 0 Å². The van der Waals surface area contributed by atoms with Gasteiger partial charge in [0.1, 0.15) is 0 Å². The van der Waals surface area contributed by atoms with Crippen LogP contribution in [0.25, 0.3) is 0 Å². The summed E-state index contributed by atoms with van der Waals surface area (Å²) in [7, 11) is 1.67. The molecule has 0 radical (unpaired) electrons. The van der Waals surface area contributed by atoms with E-state index < -0.39 is 0 Å². The Morgan fingerprint density at radius 1 is 1.40 bits per heavy atom. The van der Waals surface area contributed by atoms with Crippen molar-refractivity contribution in [2.24, 2.45) is 0 Å². The van der Waals surface area contributed by atoms with Crippen LogP contribution in [0.1, 0.15) is 37.3 Å². The number of hydrogen-bond acceptors (Lipinski definition) is 1. The summed E-state index contributed by atoms with van der Waals surface area (Å²) < 4.78 is 0. The predicted octanol–water partition coefficient (Wildman–Crippen LogP) is 2.49. The SMILES string of the molecule is CNC(=O)CCc1cccc(C(C)C)c1. The Morgan fingerprint density at radius 3 is 2.73 bits per heavy atom. The molecule has 0 aliphatic rings. The molecule has 1 aromatic carbocycles. The lowest BCUT2D eigenvalue weighted by Gasteiger charge is -2.07. The first kappa shape index (κ1) is 11.8. The van der Waals surface area contributed by atoms with Crippen LogP contribution in [0.3, 0.4) is 0 Å². The molecule has 0 spiro atoms. The fraction of sp³-hybridized carbons (Fsp3) is 0.462. The maximum Gasteiger partial charge on any atom is 0.220 e. The lowest BCUT2D eigenvalue weighted by Crippen LogP contribution is -2.17. The second-order valence-electron chi connectivity index (χ2n) is 4.07. The van der Waals surface area contributed by atoms with Crippen LogP contribution in [0.2, 0.25) is 0 Å². The Bertz CT molecular complexity index is 331. The molecule has 0 bridgehead atoms. The van der Waals surface area contributed by atoms with Gasteiger partial charge in [-0.15, -0.1) is 0 Å². The van der Waals surface area contributed by atoms with Gasteiger partial charge in [0, 0.05) is 13.5 Å². The molecule has 0 saturated carbocycles. The summed E-state index contributed by atoms with van der Waals surface area (Å²) in [6.07, 6.45) is 1.39.